The van der Waals surface area contributed by atoms with Crippen LogP contribution in [0.4, 0.5) is 5.69 Å². The summed E-state index contributed by atoms with van der Waals surface area (Å²) in [5.41, 5.74) is 4.17. The van der Waals surface area contributed by atoms with Gasteiger partial charge in [-0.2, -0.15) is 5.10 Å². The molecule has 152 valence electrons. The van der Waals surface area contributed by atoms with Crippen molar-refractivity contribution in [1.82, 2.24) is 19.7 Å². The molecule has 5 rings (SSSR count). The number of hydrogen-bond acceptors (Lipinski definition) is 5. The van der Waals surface area contributed by atoms with E-state index in [0.717, 1.165) is 43.3 Å². The normalized spacial score (nSPS) is 11.0. The lowest BCUT2D eigenvalue weighted by molar-refractivity contribution is -0.116. The maximum Gasteiger partial charge on any atom is 0.246 e. The van der Waals surface area contributed by atoms with Gasteiger partial charge in [-0.05, 0) is 43.3 Å². The number of amides is 1. The molecule has 1 aromatic carbocycles. The minimum absolute atomic E-state index is 0.111. The molecule has 0 spiro atoms. The molecule has 0 bridgehead atoms. The van der Waals surface area contributed by atoms with Gasteiger partial charge in [0.15, 0.2) is 0 Å². The summed E-state index contributed by atoms with van der Waals surface area (Å²) in [5.74, 6) is -0.135. The van der Waals surface area contributed by atoms with Crippen molar-refractivity contribution in [2.45, 2.75) is 13.5 Å². The average molecular weight is 426 g/mol. The zero-order valence-corrected chi connectivity index (χ0v) is 17.6. The predicted octanol–water partition coefficient (Wildman–Crippen LogP) is 5.17. The largest absolute Gasteiger partial charge is 0.324 e. The number of carbonyl (C=O) groups excluding carboxylic acids is 1. The lowest BCUT2D eigenvalue weighted by Gasteiger charge is -2.04. The van der Waals surface area contributed by atoms with Crippen molar-refractivity contribution in [3.63, 3.8) is 0 Å². The summed E-state index contributed by atoms with van der Waals surface area (Å²) < 4.78 is 2.83. The molecule has 7 heteroatoms. The number of rotatable bonds is 5. The Morgan fingerprint density at radius 3 is 2.77 bits per heavy atom. The van der Waals surface area contributed by atoms with Crippen LogP contribution in [-0.4, -0.2) is 25.7 Å². The molecule has 0 fully saturated rings. The quantitative estimate of drug-likeness (QED) is 0.422. The molecule has 31 heavy (non-hydrogen) atoms. The van der Waals surface area contributed by atoms with Gasteiger partial charge in [0.2, 0.25) is 5.91 Å². The molecule has 4 aromatic heterocycles. The highest BCUT2D eigenvalue weighted by Gasteiger charge is 2.18. The number of pyridine rings is 2. The number of anilines is 1. The summed E-state index contributed by atoms with van der Waals surface area (Å²) >= 11 is 1.68. The Kier molecular flexibility index (Phi) is 5.01. The lowest BCUT2D eigenvalue weighted by atomic mass is 10.1. The summed E-state index contributed by atoms with van der Waals surface area (Å²) in [7, 11) is 0. The number of para-hydroxylation sites is 1. The Labute approximate surface area is 183 Å². The van der Waals surface area contributed by atoms with Crippen LogP contribution < -0.4 is 5.32 Å². The summed E-state index contributed by atoms with van der Waals surface area (Å²) in [4.78, 5) is 22.5. The van der Waals surface area contributed by atoms with Gasteiger partial charge in [0.1, 0.15) is 12.2 Å². The van der Waals surface area contributed by atoms with E-state index in [4.69, 9.17) is 5.10 Å². The van der Waals surface area contributed by atoms with Gasteiger partial charge >= 0.3 is 0 Å². The molecule has 5 aromatic rings. The fourth-order valence-electron chi connectivity index (χ4n) is 3.43. The van der Waals surface area contributed by atoms with E-state index in [9.17, 15) is 4.79 Å². The monoisotopic (exact) mass is 425 g/mol. The van der Waals surface area contributed by atoms with Crippen LogP contribution in [0, 0.1) is 6.92 Å². The molecule has 1 amide bonds. The smallest absolute Gasteiger partial charge is 0.246 e. The number of fused-ring (bicyclic) bond motifs is 1. The van der Waals surface area contributed by atoms with E-state index in [2.05, 4.69) is 21.4 Å². The van der Waals surface area contributed by atoms with Crippen LogP contribution >= 0.6 is 11.3 Å². The van der Waals surface area contributed by atoms with Crippen LogP contribution in [0.1, 0.15) is 5.69 Å². The first-order chi connectivity index (χ1) is 15.2. The Bertz CT molecular complexity index is 1340. The van der Waals surface area contributed by atoms with Crippen LogP contribution in [0.3, 0.4) is 0 Å². The highest BCUT2D eigenvalue weighted by atomic mass is 32.1. The molecule has 0 aliphatic carbocycles. The van der Waals surface area contributed by atoms with Crippen molar-refractivity contribution in [3.8, 4) is 21.8 Å². The number of nitrogens with zero attached hydrogens (tertiary/aromatic N) is 4. The maximum atomic E-state index is 12.6. The second-order valence-corrected chi connectivity index (χ2v) is 8.28. The van der Waals surface area contributed by atoms with Crippen LogP contribution in [0.5, 0.6) is 0 Å². The third-order valence-electron chi connectivity index (χ3n) is 4.84. The number of aromatic nitrogens is 4. The minimum atomic E-state index is -0.135. The third-order valence-corrected chi connectivity index (χ3v) is 5.99. The molecule has 0 saturated heterocycles. The van der Waals surface area contributed by atoms with E-state index in [0.29, 0.717) is 0 Å². The SMILES string of the molecule is Cc1cccc(-c2nn(CC(=O)Nc3ccccc3)cc2-c2cc3cnccc3s2)n1. The lowest BCUT2D eigenvalue weighted by Crippen LogP contribution is -2.19. The van der Waals surface area contributed by atoms with Crippen molar-refractivity contribution >= 4 is 33.0 Å². The number of hydrogen-bond donors (Lipinski definition) is 1. The molecule has 6 nitrogen and oxygen atoms in total. The van der Waals surface area contributed by atoms with Gasteiger partial charge in [-0.15, -0.1) is 11.3 Å². The summed E-state index contributed by atoms with van der Waals surface area (Å²) in [6.45, 7) is 2.07. The fraction of sp³-hybridized carbons (Fsp3) is 0.0833. The van der Waals surface area contributed by atoms with Crippen molar-refractivity contribution in [3.05, 3.63) is 84.9 Å². The maximum absolute atomic E-state index is 12.6. The van der Waals surface area contributed by atoms with Crippen molar-refractivity contribution in [2.75, 3.05) is 5.32 Å². The van der Waals surface area contributed by atoms with Crippen molar-refractivity contribution in [1.29, 1.82) is 0 Å². The summed E-state index contributed by atoms with van der Waals surface area (Å²) in [5, 5.41) is 8.73. The summed E-state index contributed by atoms with van der Waals surface area (Å²) in [6, 6.07) is 19.4. The van der Waals surface area contributed by atoms with Crippen LogP contribution in [-0.2, 0) is 11.3 Å². The first-order valence-electron chi connectivity index (χ1n) is 9.86. The molecule has 0 saturated carbocycles. The van der Waals surface area contributed by atoms with Crippen molar-refractivity contribution in [2.24, 2.45) is 0 Å². The van der Waals surface area contributed by atoms with Gasteiger partial charge in [-0.25, -0.2) is 0 Å². The topological polar surface area (TPSA) is 72.7 Å². The van der Waals surface area contributed by atoms with Gasteiger partial charge in [-0.1, -0.05) is 24.3 Å². The number of benzene rings is 1. The fourth-order valence-corrected chi connectivity index (χ4v) is 4.47. The van der Waals surface area contributed by atoms with Crippen LogP contribution in [0.2, 0.25) is 0 Å². The highest BCUT2D eigenvalue weighted by molar-refractivity contribution is 7.22. The Balaban J connectivity index is 1.52. The zero-order chi connectivity index (χ0) is 21.2. The van der Waals surface area contributed by atoms with E-state index in [1.165, 1.54) is 0 Å². The molecule has 0 atom stereocenters. The summed E-state index contributed by atoms with van der Waals surface area (Å²) in [6.07, 6.45) is 5.57. The molecule has 0 radical (unpaired) electrons. The van der Waals surface area contributed by atoms with Gasteiger partial charge < -0.3 is 5.32 Å². The number of thiophene rings is 1. The molecular formula is C24H19N5OS. The van der Waals surface area contributed by atoms with E-state index in [-0.39, 0.29) is 12.5 Å². The Morgan fingerprint density at radius 1 is 1.10 bits per heavy atom. The number of nitrogens with one attached hydrogen (secondary N) is 1. The molecule has 4 heterocycles. The van der Waals surface area contributed by atoms with Gasteiger partial charge in [-0.3, -0.25) is 19.4 Å². The predicted molar refractivity (Wildman–Crippen MR) is 124 cm³/mol. The molecule has 0 aliphatic heterocycles. The van der Waals surface area contributed by atoms with Crippen molar-refractivity contribution < 1.29 is 4.79 Å². The first-order valence-corrected chi connectivity index (χ1v) is 10.7. The van der Waals surface area contributed by atoms with E-state index in [1.54, 1.807) is 22.2 Å². The Morgan fingerprint density at radius 2 is 1.97 bits per heavy atom. The van der Waals surface area contributed by atoms with Gasteiger partial charge in [0.25, 0.3) is 0 Å². The molecule has 1 N–H and O–H groups in total. The third kappa shape index (κ3) is 4.08. The van der Waals surface area contributed by atoms with Crippen LogP contribution in [0.25, 0.3) is 31.9 Å². The van der Waals surface area contributed by atoms with E-state index >= 15 is 0 Å². The van der Waals surface area contributed by atoms with E-state index < -0.39 is 0 Å². The van der Waals surface area contributed by atoms with Crippen LogP contribution in [0.15, 0.2) is 79.3 Å². The molecular weight excluding hydrogens is 406 g/mol. The Hall–Kier alpha value is -3.84. The standard InChI is InChI=1S/C24H19N5OS/c1-16-6-5-9-20(26-16)24-19(22-12-17-13-25-11-10-21(17)31-22)14-29(28-24)15-23(30)27-18-7-3-2-4-8-18/h2-14H,15H2,1H3,(H,27,30). The highest BCUT2D eigenvalue weighted by Crippen LogP contribution is 2.37. The average Bonchev–Trinajstić information content (AvgIpc) is 3.38. The number of aryl methyl sites for hydroxylation is 1. The number of carbonyl (C=O) groups is 1. The van der Waals surface area contributed by atoms with Gasteiger partial charge in [0.05, 0.1) is 5.69 Å². The van der Waals surface area contributed by atoms with Gasteiger partial charge in [0, 0.05) is 50.5 Å². The second kappa shape index (κ2) is 8.12. The first kappa shape index (κ1) is 19.1. The molecule has 0 aliphatic rings. The van der Waals surface area contributed by atoms with E-state index in [1.807, 2.05) is 73.9 Å². The second-order valence-electron chi connectivity index (χ2n) is 7.19. The minimum Gasteiger partial charge on any atom is -0.324 e. The zero-order valence-electron chi connectivity index (χ0n) is 16.8. The molecule has 0 unspecified atom stereocenters.